The van der Waals surface area contributed by atoms with Crippen molar-refractivity contribution in [1.82, 2.24) is 0 Å². The SMILES string of the molecule is COC(=O)C(C)Nc1cc(Cl)cc(Br)c1OC(F)F. The summed E-state index contributed by atoms with van der Waals surface area (Å²) in [6.07, 6.45) is 0. The van der Waals surface area contributed by atoms with E-state index in [4.69, 9.17) is 11.6 Å². The van der Waals surface area contributed by atoms with Crippen LogP contribution in [0.5, 0.6) is 5.75 Å². The van der Waals surface area contributed by atoms with Crippen molar-refractivity contribution < 1.29 is 23.0 Å². The van der Waals surface area contributed by atoms with Gasteiger partial charge in [0, 0.05) is 5.02 Å². The first-order chi connectivity index (χ1) is 8.85. The number of ether oxygens (including phenoxy) is 2. The van der Waals surface area contributed by atoms with Gasteiger partial charge in [0.25, 0.3) is 0 Å². The minimum Gasteiger partial charge on any atom is -0.467 e. The topological polar surface area (TPSA) is 47.6 Å². The van der Waals surface area contributed by atoms with Crippen LogP contribution in [0.15, 0.2) is 16.6 Å². The van der Waals surface area contributed by atoms with Gasteiger partial charge in [0.2, 0.25) is 0 Å². The number of carbonyl (C=O) groups excluding carboxylic acids is 1. The first kappa shape index (κ1) is 16.0. The van der Waals surface area contributed by atoms with E-state index >= 15 is 0 Å². The number of halogens is 4. The first-order valence-corrected chi connectivity index (χ1v) is 6.30. The molecule has 4 nitrogen and oxygen atoms in total. The van der Waals surface area contributed by atoms with Crippen LogP contribution in [0.4, 0.5) is 14.5 Å². The molecule has 0 aliphatic heterocycles. The van der Waals surface area contributed by atoms with Crippen LogP contribution in [0, 0.1) is 0 Å². The summed E-state index contributed by atoms with van der Waals surface area (Å²) in [6, 6.07) is 2.05. The van der Waals surface area contributed by atoms with Crippen molar-refractivity contribution in [2.24, 2.45) is 0 Å². The van der Waals surface area contributed by atoms with E-state index in [9.17, 15) is 13.6 Å². The van der Waals surface area contributed by atoms with Gasteiger partial charge in [0.1, 0.15) is 6.04 Å². The summed E-state index contributed by atoms with van der Waals surface area (Å²) in [5.74, 6) is -0.672. The number of hydrogen-bond acceptors (Lipinski definition) is 4. The second kappa shape index (κ2) is 6.91. The average molecular weight is 359 g/mol. The third-order valence-corrected chi connectivity index (χ3v) is 2.95. The highest BCUT2D eigenvalue weighted by atomic mass is 79.9. The zero-order valence-corrected chi connectivity index (χ0v) is 12.4. The van der Waals surface area contributed by atoms with Gasteiger partial charge in [-0.05, 0) is 35.0 Å². The highest BCUT2D eigenvalue weighted by molar-refractivity contribution is 9.10. The Kier molecular flexibility index (Phi) is 5.81. The molecule has 8 heteroatoms. The quantitative estimate of drug-likeness (QED) is 0.816. The summed E-state index contributed by atoms with van der Waals surface area (Å²) in [7, 11) is 1.23. The largest absolute Gasteiger partial charge is 0.467 e. The van der Waals surface area contributed by atoms with Gasteiger partial charge in [0.05, 0.1) is 17.3 Å². The summed E-state index contributed by atoms with van der Waals surface area (Å²) in [6.45, 7) is -1.47. The molecule has 1 N–H and O–H groups in total. The summed E-state index contributed by atoms with van der Waals surface area (Å²) >= 11 is 8.90. The number of methoxy groups -OCH3 is 1. The van der Waals surface area contributed by atoms with Crippen molar-refractivity contribution in [2.45, 2.75) is 19.6 Å². The molecule has 106 valence electrons. The molecule has 0 fully saturated rings. The molecule has 1 atom stereocenters. The number of carbonyl (C=O) groups is 1. The lowest BCUT2D eigenvalue weighted by atomic mass is 10.2. The predicted octanol–water partition coefficient (Wildman–Crippen LogP) is 3.68. The predicted molar refractivity (Wildman–Crippen MR) is 70.9 cm³/mol. The van der Waals surface area contributed by atoms with E-state index in [1.54, 1.807) is 0 Å². The average Bonchev–Trinajstić information content (AvgIpc) is 2.32. The maximum Gasteiger partial charge on any atom is 0.387 e. The fourth-order valence-electron chi connectivity index (χ4n) is 1.35. The molecule has 0 radical (unpaired) electrons. The molecule has 0 bridgehead atoms. The first-order valence-electron chi connectivity index (χ1n) is 5.13. The Morgan fingerprint density at radius 3 is 2.63 bits per heavy atom. The molecule has 19 heavy (non-hydrogen) atoms. The minimum atomic E-state index is -2.99. The third kappa shape index (κ3) is 4.50. The van der Waals surface area contributed by atoms with Gasteiger partial charge >= 0.3 is 12.6 Å². The maximum atomic E-state index is 12.3. The fourth-order valence-corrected chi connectivity index (χ4v) is 2.25. The molecule has 0 saturated heterocycles. The van der Waals surface area contributed by atoms with Gasteiger partial charge in [-0.25, -0.2) is 4.79 Å². The van der Waals surface area contributed by atoms with Crippen molar-refractivity contribution >= 4 is 39.2 Å². The van der Waals surface area contributed by atoms with Crippen LogP contribution in [0.1, 0.15) is 6.92 Å². The molecule has 1 unspecified atom stereocenters. The Bertz CT molecular complexity index is 473. The van der Waals surface area contributed by atoms with Crippen LogP contribution >= 0.6 is 27.5 Å². The van der Waals surface area contributed by atoms with Crippen LogP contribution in [-0.4, -0.2) is 25.7 Å². The number of benzene rings is 1. The summed E-state index contributed by atoms with van der Waals surface area (Å²) in [5.41, 5.74) is 0.164. The van der Waals surface area contributed by atoms with Gasteiger partial charge in [-0.1, -0.05) is 11.6 Å². The summed E-state index contributed by atoms with van der Waals surface area (Å²) in [4.78, 5) is 11.3. The fraction of sp³-hybridized carbons (Fsp3) is 0.364. The van der Waals surface area contributed by atoms with Gasteiger partial charge in [-0.15, -0.1) is 0 Å². The Hall–Kier alpha value is -1.08. The summed E-state index contributed by atoms with van der Waals surface area (Å²) < 4.78 is 33.9. The maximum absolute atomic E-state index is 12.3. The Morgan fingerprint density at radius 1 is 1.47 bits per heavy atom. The van der Waals surface area contributed by atoms with Crippen LogP contribution in [-0.2, 0) is 9.53 Å². The van der Waals surface area contributed by atoms with E-state index in [2.05, 4.69) is 30.7 Å². The molecular formula is C11H11BrClF2NO3. The monoisotopic (exact) mass is 357 g/mol. The van der Waals surface area contributed by atoms with Crippen molar-refractivity contribution in [3.8, 4) is 5.75 Å². The molecule has 1 aromatic rings. The van der Waals surface area contributed by atoms with E-state index < -0.39 is 18.6 Å². The van der Waals surface area contributed by atoms with Crippen molar-refractivity contribution in [3.63, 3.8) is 0 Å². The number of alkyl halides is 2. The number of rotatable bonds is 5. The van der Waals surface area contributed by atoms with E-state index in [0.717, 1.165) is 0 Å². The molecule has 0 saturated carbocycles. The lowest BCUT2D eigenvalue weighted by Crippen LogP contribution is -2.27. The van der Waals surface area contributed by atoms with E-state index in [1.165, 1.54) is 26.2 Å². The molecule has 0 aliphatic carbocycles. The van der Waals surface area contributed by atoms with Gasteiger partial charge in [-0.2, -0.15) is 8.78 Å². The highest BCUT2D eigenvalue weighted by Gasteiger charge is 2.19. The molecule has 0 heterocycles. The van der Waals surface area contributed by atoms with Crippen LogP contribution in [0.3, 0.4) is 0 Å². The Balaban J connectivity index is 3.06. The molecule has 1 rings (SSSR count). The molecule has 1 aromatic carbocycles. The Labute approximate surface area is 122 Å². The zero-order chi connectivity index (χ0) is 14.6. The van der Waals surface area contributed by atoms with E-state index in [1.807, 2.05) is 0 Å². The number of esters is 1. The smallest absolute Gasteiger partial charge is 0.387 e. The zero-order valence-electron chi connectivity index (χ0n) is 10.0. The lowest BCUT2D eigenvalue weighted by Gasteiger charge is -2.18. The van der Waals surface area contributed by atoms with Gasteiger partial charge in [0.15, 0.2) is 5.75 Å². The summed E-state index contributed by atoms with van der Waals surface area (Å²) in [5, 5.41) is 3.00. The van der Waals surface area contributed by atoms with Crippen LogP contribution in [0.25, 0.3) is 0 Å². The minimum absolute atomic E-state index is 0.129. The lowest BCUT2D eigenvalue weighted by molar-refractivity contribution is -0.141. The van der Waals surface area contributed by atoms with Crippen molar-refractivity contribution in [3.05, 3.63) is 21.6 Å². The molecule has 0 aliphatic rings. The second-order valence-electron chi connectivity index (χ2n) is 3.53. The normalized spacial score (nSPS) is 12.2. The van der Waals surface area contributed by atoms with E-state index in [-0.39, 0.29) is 15.9 Å². The molecule has 0 aromatic heterocycles. The number of hydrogen-bond donors (Lipinski definition) is 1. The highest BCUT2D eigenvalue weighted by Crippen LogP contribution is 2.37. The van der Waals surface area contributed by atoms with Crippen molar-refractivity contribution in [1.29, 1.82) is 0 Å². The Morgan fingerprint density at radius 2 is 2.11 bits per heavy atom. The van der Waals surface area contributed by atoms with Gasteiger partial charge < -0.3 is 14.8 Å². The number of nitrogens with one attached hydrogen (secondary N) is 1. The van der Waals surface area contributed by atoms with Gasteiger partial charge in [-0.3, -0.25) is 0 Å². The standard InChI is InChI=1S/C11H11BrClF2NO3/c1-5(10(17)18-2)16-8-4-6(13)3-7(12)9(8)19-11(14)15/h3-5,11,16H,1-2H3. The van der Waals surface area contributed by atoms with E-state index in [0.29, 0.717) is 5.02 Å². The molecular weight excluding hydrogens is 347 g/mol. The second-order valence-corrected chi connectivity index (χ2v) is 4.82. The third-order valence-electron chi connectivity index (χ3n) is 2.14. The molecule has 0 amide bonds. The number of anilines is 1. The van der Waals surface area contributed by atoms with Crippen molar-refractivity contribution in [2.75, 3.05) is 12.4 Å². The van der Waals surface area contributed by atoms with Crippen LogP contribution < -0.4 is 10.1 Å². The van der Waals surface area contributed by atoms with Crippen LogP contribution in [0.2, 0.25) is 5.02 Å². The molecule has 0 spiro atoms.